The van der Waals surface area contributed by atoms with E-state index >= 15 is 0 Å². The molecule has 0 heteroatoms. The fourth-order valence-electron chi connectivity index (χ4n) is 2.47. The average molecular weight is 204 g/mol. The van der Waals surface area contributed by atoms with Gasteiger partial charge in [0.05, 0.1) is 0 Å². The molecular formula is C15H24. The van der Waals surface area contributed by atoms with Crippen molar-refractivity contribution in [3.8, 4) is 0 Å². The van der Waals surface area contributed by atoms with Gasteiger partial charge >= 0.3 is 0 Å². The molecule has 1 aliphatic rings. The zero-order valence-electron chi connectivity index (χ0n) is 10.6. The van der Waals surface area contributed by atoms with Crippen LogP contribution in [0.1, 0.15) is 40.5 Å². The van der Waals surface area contributed by atoms with Crippen molar-refractivity contribution in [1.82, 2.24) is 0 Å². The lowest BCUT2D eigenvalue weighted by molar-refractivity contribution is 0.294. The topological polar surface area (TPSA) is 0 Å². The number of hydrogen-bond donors (Lipinski definition) is 0. The molecule has 84 valence electrons. The molecule has 2 atom stereocenters. The van der Waals surface area contributed by atoms with Gasteiger partial charge in [0, 0.05) is 5.92 Å². The van der Waals surface area contributed by atoms with Crippen LogP contribution < -0.4 is 0 Å². The Morgan fingerprint density at radius 1 is 1.60 bits per heavy atom. The van der Waals surface area contributed by atoms with Gasteiger partial charge in [-0.1, -0.05) is 50.6 Å². The summed E-state index contributed by atoms with van der Waals surface area (Å²) >= 11 is 0. The zero-order chi connectivity index (χ0) is 11.6. The minimum Gasteiger partial charge on any atom is -0.102 e. The first kappa shape index (κ1) is 12.3. The minimum absolute atomic E-state index is 0.213. The van der Waals surface area contributed by atoms with E-state index in [-0.39, 0.29) is 5.41 Å². The molecule has 0 fully saturated rings. The minimum atomic E-state index is 0.213. The highest BCUT2D eigenvalue weighted by Gasteiger charge is 2.34. The predicted molar refractivity (Wildman–Crippen MR) is 68.8 cm³/mol. The Labute approximate surface area is 94.8 Å². The second-order valence-electron chi connectivity index (χ2n) is 5.43. The molecule has 0 heterocycles. The van der Waals surface area contributed by atoms with E-state index in [2.05, 4.69) is 53.0 Å². The maximum Gasteiger partial charge on any atom is 0.00625 e. The van der Waals surface area contributed by atoms with Gasteiger partial charge in [0.15, 0.2) is 0 Å². The van der Waals surface area contributed by atoms with Gasteiger partial charge < -0.3 is 0 Å². The van der Waals surface area contributed by atoms with Gasteiger partial charge in [-0.05, 0) is 31.1 Å². The van der Waals surface area contributed by atoms with E-state index in [1.54, 1.807) is 5.57 Å². The molecule has 0 nitrogen and oxygen atoms in total. The molecule has 0 spiro atoms. The summed E-state index contributed by atoms with van der Waals surface area (Å²) in [7, 11) is 0. The van der Waals surface area contributed by atoms with Crippen LogP contribution in [0.25, 0.3) is 0 Å². The zero-order valence-corrected chi connectivity index (χ0v) is 10.6. The number of rotatable bonds is 3. The highest BCUT2D eigenvalue weighted by Crippen LogP contribution is 2.45. The van der Waals surface area contributed by atoms with E-state index in [0.29, 0.717) is 11.8 Å². The van der Waals surface area contributed by atoms with E-state index in [4.69, 9.17) is 0 Å². The molecular weight excluding hydrogens is 180 g/mol. The van der Waals surface area contributed by atoms with Gasteiger partial charge in [0.2, 0.25) is 0 Å². The molecule has 0 radical (unpaired) electrons. The van der Waals surface area contributed by atoms with Crippen molar-refractivity contribution >= 4 is 0 Å². The summed E-state index contributed by atoms with van der Waals surface area (Å²) in [5, 5.41) is 0. The van der Waals surface area contributed by atoms with Gasteiger partial charge in [-0.3, -0.25) is 0 Å². The molecule has 0 N–H and O–H groups in total. The summed E-state index contributed by atoms with van der Waals surface area (Å²) in [5.41, 5.74) is 3.06. The molecule has 0 bridgehead atoms. The predicted octanol–water partition coefficient (Wildman–Crippen LogP) is 4.75. The van der Waals surface area contributed by atoms with Crippen molar-refractivity contribution in [2.45, 2.75) is 40.5 Å². The molecule has 0 aromatic rings. The SMILES string of the molecule is C=C[C@@]1(C)CCC(C(C)C)=CC1C(=C)C. The summed E-state index contributed by atoms with van der Waals surface area (Å²) < 4.78 is 0. The molecule has 0 saturated heterocycles. The van der Waals surface area contributed by atoms with Crippen molar-refractivity contribution < 1.29 is 0 Å². The second-order valence-corrected chi connectivity index (χ2v) is 5.43. The van der Waals surface area contributed by atoms with Crippen LogP contribution in [0.2, 0.25) is 0 Å². The van der Waals surface area contributed by atoms with Gasteiger partial charge in [0.25, 0.3) is 0 Å². The fraction of sp³-hybridized carbons (Fsp3) is 0.600. The van der Waals surface area contributed by atoms with E-state index in [1.165, 1.54) is 18.4 Å². The van der Waals surface area contributed by atoms with E-state index in [0.717, 1.165) is 0 Å². The monoisotopic (exact) mass is 204 g/mol. The number of allylic oxidation sites excluding steroid dienone is 4. The maximum atomic E-state index is 4.12. The molecule has 15 heavy (non-hydrogen) atoms. The van der Waals surface area contributed by atoms with Crippen LogP contribution in [0, 0.1) is 17.3 Å². The fourth-order valence-corrected chi connectivity index (χ4v) is 2.47. The molecule has 1 rings (SSSR count). The highest BCUT2D eigenvalue weighted by atomic mass is 14.4. The van der Waals surface area contributed by atoms with Crippen LogP contribution in [0.5, 0.6) is 0 Å². The Morgan fingerprint density at radius 2 is 2.20 bits per heavy atom. The summed E-state index contributed by atoms with van der Waals surface area (Å²) in [6, 6.07) is 0. The van der Waals surface area contributed by atoms with Crippen molar-refractivity contribution in [3.05, 3.63) is 36.5 Å². The summed E-state index contributed by atoms with van der Waals surface area (Å²) in [4.78, 5) is 0. The lowest BCUT2D eigenvalue weighted by Crippen LogP contribution is -2.28. The molecule has 0 aromatic carbocycles. The Morgan fingerprint density at radius 3 is 2.60 bits per heavy atom. The van der Waals surface area contributed by atoms with Crippen molar-refractivity contribution in [2.24, 2.45) is 17.3 Å². The maximum absolute atomic E-state index is 4.12. The van der Waals surface area contributed by atoms with Crippen molar-refractivity contribution in [1.29, 1.82) is 0 Å². The van der Waals surface area contributed by atoms with E-state index in [9.17, 15) is 0 Å². The van der Waals surface area contributed by atoms with Crippen LogP contribution in [0.15, 0.2) is 36.5 Å². The van der Waals surface area contributed by atoms with Crippen molar-refractivity contribution in [2.75, 3.05) is 0 Å². The molecule has 0 saturated carbocycles. The number of hydrogen-bond acceptors (Lipinski definition) is 0. The molecule has 0 amide bonds. The molecule has 1 unspecified atom stereocenters. The highest BCUT2D eigenvalue weighted by molar-refractivity contribution is 5.25. The molecule has 1 aliphatic carbocycles. The van der Waals surface area contributed by atoms with Crippen LogP contribution in [-0.4, -0.2) is 0 Å². The Balaban J connectivity index is 3.04. The van der Waals surface area contributed by atoms with Gasteiger partial charge in [-0.2, -0.15) is 0 Å². The molecule has 0 aromatic heterocycles. The van der Waals surface area contributed by atoms with Gasteiger partial charge in [-0.25, -0.2) is 0 Å². The first-order valence-corrected chi connectivity index (χ1v) is 5.90. The summed E-state index contributed by atoms with van der Waals surface area (Å²) in [6.45, 7) is 17.1. The Hall–Kier alpha value is -0.780. The Bertz CT molecular complexity index is 293. The first-order valence-electron chi connectivity index (χ1n) is 5.90. The van der Waals surface area contributed by atoms with Gasteiger partial charge in [0.1, 0.15) is 0 Å². The van der Waals surface area contributed by atoms with Crippen molar-refractivity contribution in [3.63, 3.8) is 0 Å². The summed E-state index contributed by atoms with van der Waals surface area (Å²) in [6.07, 6.45) is 6.96. The van der Waals surface area contributed by atoms with Crippen LogP contribution in [-0.2, 0) is 0 Å². The quantitative estimate of drug-likeness (QED) is 0.582. The first-order chi connectivity index (χ1) is 6.90. The van der Waals surface area contributed by atoms with Gasteiger partial charge in [-0.15, -0.1) is 6.58 Å². The third kappa shape index (κ3) is 2.42. The third-order valence-corrected chi connectivity index (χ3v) is 3.78. The normalized spacial score (nSPS) is 31.3. The standard InChI is InChI=1S/C15H24/c1-7-15(6)9-8-13(11(2)3)10-14(15)12(4)5/h7,10-11,14H,1,4,8-9H2,2-3,5-6H3/t14?,15-/m0/s1. The second kappa shape index (κ2) is 4.38. The van der Waals surface area contributed by atoms with Crippen LogP contribution >= 0.6 is 0 Å². The van der Waals surface area contributed by atoms with E-state index < -0.39 is 0 Å². The van der Waals surface area contributed by atoms with E-state index in [1.807, 2.05) is 0 Å². The Kier molecular flexibility index (Phi) is 3.59. The lowest BCUT2D eigenvalue weighted by atomic mass is 9.65. The third-order valence-electron chi connectivity index (χ3n) is 3.78. The summed E-state index contributed by atoms with van der Waals surface area (Å²) in [5.74, 6) is 1.14. The average Bonchev–Trinajstić information content (AvgIpc) is 2.17. The van der Waals surface area contributed by atoms with Crippen LogP contribution in [0.4, 0.5) is 0 Å². The lowest BCUT2D eigenvalue weighted by Gasteiger charge is -2.39. The smallest absolute Gasteiger partial charge is 0.00625 e. The molecule has 0 aliphatic heterocycles. The largest absolute Gasteiger partial charge is 0.102 e. The van der Waals surface area contributed by atoms with Crippen LogP contribution in [0.3, 0.4) is 0 Å².